The Kier molecular flexibility index (Phi) is 7.54. The van der Waals surface area contributed by atoms with Crippen LogP contribution in [0.25, 0.3) is 11.1 Å². The maximum absolute atomic E-state index is 11.6. The fraction of sp³-hybridized carbons (Fsp3) is 0.250. The van der Waals surface area contributed by atoms with Crippen molar-refractivity contribution in [1.82, 2.24) is 5.32 Å². The van der Waals surface area contributed by atoms with Crippen molar-refractivity contribution in [1.29, 1.82) is 0 Å². The van der Waals surface area contributed by atoms with Crippen molar-refractivity contribution in [3.05, 3.63) is 59.1 Å². The van der Waals surface area contributed by atoms with E-state index < -0.39 is 36.4 Å². The Balaban J connectivity index is 2.23. The molecule has 4 N–H and O–H groups in total. The minimum absolute atomic E-state index is 0.122. The Morgan fingerprint density at radius 3 is 2.21 bits per heavy atom. The van der Waals surface area contributed by atoms with E-state index in [9.17, 15) is 19.5 Å². The van der Waals surface area contributed by atoms with Crippen LogP contribution >= 0.6 is 11.6 Å². The summed E-state index contributed by atoms with van der Waals surface area (Å²) < 4.78 is 0. The molecule has 0 aliphatic rings. The highest BCUT2D eigenvalue weighted by Gasteiger charge is 2.26. The molecule has 2 atom stereocenters. The van der Waals surface area contributed by atoms with Crippen molar-refractivity contribution in [3.8, 4) is 11.1 Å². The molecule has 2 aromatic carbocycles. The van der Waals surface area contributed by atoms with E-state index in [1.54, 1.807) is 12.1 Å². The largest absolute Gasteiger partial charge is 0.481 e. The Morgan fingerprint density at radius 1 is 1.00 bits per heavy atom. The maximum Gasteiger partial charge on any atom is 0.394 e. The molecule has 28 heavy (non-hydrogen) atoms. The molecule has 0 spiro atoms. The Hall–Kier alpha value is -2.90. The maximum atomic E-state index is 11.6. The first-order chi connectivity index (χ1) is 13.3. The number of carbonyl (C=O) groups is 3. The molecule has 0 aliphatic heterocycles. The fourth-order valence-electron chi connectivity index (χ4n) is 2.83. The lowest BCUT2D eigenvalue weighted by Crippen LogP contribution is -2.42. The van der Waals surface area contributed by atoms with Gasteiger partial charge in [0.1, 0.15) is 0 Å². The second-order valence-corrected chi connectivity index (χ2v) is 6.71. The standard InChI is InChI=1S/C20H20ClNO6/c21-17-10-13(12-4-2-1-3-5-12)6-7-14(17)8-16(22-18(24)20(27)28)9-15(11-23)19(25)26/h1-7,10,15-16,23H,8-9,11H2,(H,22,24)(H,25,26)(H,27,28)/t15-,16+/m0/s1. The molecule has 0 bridgehead atoms. The van der Waals surface area contributed by atoms with Gasteiger partial charge in [-0.3, -0.25) is 9.59 Å². The van der Waals surface area contributed by atoms with E-state index in [1.165, 1.54) is 0 Å². The molecule has 8 heteroatoms. The van der Waals surface area contributed by atoms with E-state index in [2.05, 4.69) is 5.32 Å². The lowest BCUT2D eigenvalue weighted by atomic mass is 9.94. The minimum atomic E-state index is -1.67. The third-order valence-corrected chi connectivity index (χ3v) is 4.65. The Bertz CT molecular complexity index is 855. The van der Waals surface area contributed by atoms with Crippen molar-refractivity contribution in [3.63, 3.8) is 0 Å². The second kappa shape index (κ2) is 9.87. The number of nitrogens with one attached hydrogen (secondary N) is 1. The summed E-state index contributed by atoms with van der Waals surface area (Å²) in [4.78, 5) is 33.6. The molecule has 0 unspecified atom stereocenters. The average Bonchev–Trinajstić information content (AvgIpc) is 2.67. The summed E-state index contributed by atoms with van der Waals surface area (Å²) in [6.45, 7) is -0.630. The smallest absolute Gasteiger partial charge is 0.394 e. The second-order valence-electron chi connectivity index (χ2n) is 6.31. The molecule has 0 fully saturated rings. The SMILES string of the molecule is O=C(O)C(=O)N[C@H](Cc1ccc(-c2ccccc2)cc1Cl)C[C@@H](CO)C(=O)O. The van der Waals surface area contributed by atoms with Gasteiger partial charge in [-0.2, -0.15) is 0 Å². The van der Waals surface area contributed by atoms with Crippen LogP contribution in [-0.2, 0) is 20.8 Å². The normalized spacial score (nSPS) is 12.8. The van der Waals surface area contributed by atoms with Gasteiger partial charge < -0.3 is 20.6 Å². The van der Waals surface area contributed by atoms with Crippen molar-refractivity contribution in [2.24, 2.45) is 5.92 Å². The van der Waals surface area contributed by atoms with E-state index in [1.807, 2.05) is 36.4 Å². The van der Waals surface area contributed by atoms with E-state index >= 15 is 0 Å². The number of aliphatic hydroxyl groups excluding tert-OH is 1. The average molecular weight is 406 g/mol. The van der Waals surface area contributed by atoms with Crippen LogP contribution < -0.4 is 5.32 Å². The van der Waals surface area contributed by atoms with Gasteiger partial charge in [0.15, 0.2) is 0 Å². The number of aliphatic hydroxyl groups is 1. The van der Waals surface area contributed by atoms with Crippen molar-refractivity contribution < 1.29 is 29.7 Å². The third-order valence-electron chi connectivity index (χ3n) is 4.29. The van der Waals surface area contributed by atoms with Gasteiger partial charge in [-0.1, -0.05) is 54.1 Å². The van der Waals surface area contributed by atoms with Crippen LogP contribution in [-0.4, -0.2) is 45.8 Å². The van der Waals surface area contributed by atoms with Crippen LogP contribution in [0.4, 0.5) is 0 Å². The summed E-state index contributed by atoms with van der Waals surface area (Å²) in [7, 11) is 0. The molecule has 0 saturated carbocycles. The summed E-state index contributed by atoms with van der Waals surface area (Å²) in [5.74, 6) is -5.29. The zero-order valence-corrected chi connectivity index (χ0v) is 15.6. The number of aliphatic carboxylic acids is 2. The predicted molar refractivity (Wildman–Crippen MR) is 103 cm³/mol. The number of carbonyl (C=O) groups excluding carboxylic acids is 1. The molecular formula is C20H20ClNO6. The zero-order valence-electron chi connectivity index (χ0n) is 14.8. The topological polar surface area (TPSA) is 124 Å². The number of carboxylic acids is 2. The molecule has 2 aromatic rings. The molecule has 0 aromatic heterocycles. The zero-order chi connectivity index (χ0) is 20.7. The number of benzene rings is 2. The number of carboxylic acid groups (broad SMARTS) is 2. The van der Waals surface area contributed by atoms with Gasteiger partial charge in [0.05, 0.1) is 12.5 Å². The summed E-state index contributed by atoms with van der Waals surface area (Å²) in [5.41, 5.74) is 2.48. The summed E-state index contributed by atoms with van der Waals surface area (Å²) in [6.07, 6.45) is -0.0156. The van der Waals surface area contributed by atoms with Gasteiger partial charge in [-0.15, -0.1) is 0 Å². The lowest BCUT2D eigenvalue weighted by Gasteiger charge is -2.21. The number of rotatable bonds is 8. The molecule has 1 amide bonds. The molecule has 7 nitrogen and oxygen atoms in total. The van der Waals surface area contributed by atoms with E-state index in [0.717, 1.165) is 11.1 Å². The van der Waals surface area contributed by atoms with Gasteiger partial charge in [0.2, 0.25) is 0 Å². The van der Waals surface area contributed by atoms with Crippen LogP contribution in [0, 0.1) is 5.92 Å². The molecule has 2 rings (SSSR count). The predicted octanol–water partition coefficient (Wildman–Crippen LogP) is 2.20. The minimum Gasteiger partial charge on any atom is -0.481 e. The summed E-state index contributed by atoms with van der Waals surface area (Å²) >= 11 is 6.36. The summed E-state index contributed by atoms with van der Waals surface area (Å²) in [6, 6.07) is 14.1. The highest BCUT2D eigenvalue weighted by atomic mass is 35.5. The van der Waals surface area contributed by atoms with Crippen molar-refractivity contribution >= 4 is 29.4 Å². The molecule has 148 valence electrons. The van der Waals surface area contributed by atoms with Crippen LogP contribution in [0.3, 0.4) is 0 Å². The van der Waals surface area contributed by atoms with Gasteiger partial charge in [-0.05, 0) is 35.6 Å². The van der Waals surface area contributed by atoms with Crippen LogP contribution in [0.1, 0.15) is 12.0 Å². The Labute approximate surface area is 166 Å². The van der Waals surface area contributed by atoms with Crippen LogP contribution in [0.2, 0.25) is 5.02 Å². The monoisotopic (exact) mass is 405 g/mol. The number of hydrogen-bond acceptors (Lipinski definition) is 4. The van der Waals surface area contributed by atoms with Gasteiger partial charge in [0, 0.05) is 11.1 Å². The highest BCUT2D eigenvalue weighted by molar-refractivity contribution is 6.32. The van der Waals surface area contributed by atoms with Gasteiger partial charge in [0.25, 0.3) is 0 Å². The number of hydrogen-bond donors (Lipinski definition) is 4. The molecular weight excluding hydrogens is 386 g/mol. The number of halogens is 1. The van der Waals surface area contributed by atoms with Crippen LogP contribution in [0.15, 0.2) is 48.5 Å². The first kappa shape index (κ1) is 21.4. The molecule has 0 radical (unpaired) electrons. The lowest BCUT2D eigenvalue weighted by molar-refractivity contribution is -0.150. The van der Waals surface area contributed by atoms with Crippen LogP contribution in [0.5, 0.6) is 0 Å². The first-order valence-corrected chi connectivity index (χ1v) is 8.91. The van der Waals surface area contributed by atoms with E-state index in [0.29, 0.717) is 10.6 Å². The van der Waals surface area contributed by atoms with Gasteiger partial charge in [-0.25, -0.2) is 4.79 Å². The summed E-state index contributed by atoms with van der Waals surface area (Å²) in [5, 5.41) is 29.9. The van der Waals surface area contributed by atoms with E-state index in [-0.39, 0.29) is 12.8 Å². The first-order valence-electron chi connectivity index (χ1n) is 8.53. The van der Waals surface area contributed by atoms with Gasteiger partial charge >= 0.3 is 17.8 Å². The van der Waals surface area contributed by atoms with Crippen molar-refractivity contribution in [2.75, 3.05) is 6.61 Å². The molecule has 0 aliphatic carbocycles. The fourth-order valence-corrected chi connectivity index (χ4v) is 3.08. The number of amides is 1. The molecule has 0 saturated heterocycles. The van der Waals surface area contributed by atoms with E-state index in [4.69, 9.17) is 21.8 Å². The Morgan fingerprint density at radius 2 is 1.68 bits per heavy atom. The quantitative estimate of drug-likeness (QED) is 0.499. The third kappa shape index (κ3) is 5.80. The highest BCUT2D eigenvalue weighted by Crippen LogP contribution is 2.27. The molecule has 0 heterocycles. The van der Waals surface area contributed by atoms with Crippen molar-refractivity contribution in [2.45, 2.75) is 18.9 Å².